The van der Waals surface area contributed by atoms with Gasteiger partial charge in [-0.05, 0) is 88.5 Å². The molecule has 0 spiro atoms. The summed E-state index contributed by atoms with van der Waals surface area (Å²) in [5, 5.41) is 12.5. The molecule has 7 atom stereocenters. The molecule has 1 saturated heterocycles. The van der Waals surface area contributed by atoms with E-state index < -0.39 is 11.6 Å². The lowest BCUT2D eigenvalue weighted by Crippen LogP contribution is -2.66. The molecule has 4 bridgehead atoms. The van der Waals surface area contributed by atoms with Crippen LogP contribution in [0.3, 0.4) is 0 Å². The number of esters is 1. The Bertz CT molecular complexity index is 763. The number of amides is 1. The minimum absolute atomic E-state index is 0.0476. The first-order chi connectivity index (χ1) is 13.8. The molecule has 0 aromatic carbocycles. The number of rotatable bonds is 5. The third-order valence-electron chi connectivity index (χ3n) is 8.59. The Morgan fingerprint density at radius 2 is 1.90 bits per heavy atom. The molecule has 2 unspecified atom stereocenters. The van der Waals surface area contributed by atoms with E-state index in [-0.39, 0.29) is 35.4 Å². The van der Waals surface area contributed by atoms with Gasteiger partial charge in [0.2, 0.25) is 5.91 Å². The van der Waals surface area contributed by atoms with Gasteiger partial charge in [0.25, 0.3) is 0 Å². The number of nitrogens with two attached hydrogens (primary N) is 1. The Hall–Kier alpha value is -1.65. The summed E-state index contributed by atoms with van der Waals surface area (Å²) < 4.78 is 6.12. The Kier molecular flexibility index (Phi) is 4.28. The largest absolute Gasteiger partial charge is 0.458 e. The molecule has 6 rings (SSSR count). The third kappa shape index (κ3) is 2.90. The van der Waals surface area contributed by atoms with Gasteiger partial charge in [-0.15, -0.1) is 0 Å². The maximum Gasteiger partial charge on any atom is 0.323 e. The normalized spacial score (nSPS) is 46.0. The highest BCUT2D eigenvalue weighted by atomic mass is 16.6. The van der Waals surface area contributed by atoms with Crippen molar-refractivity contribution in [3.63, 3.8) is 0 Å². The van der Waals surface area contributed by atoms with E-state index in [9.17, 15) is 14.9 Å². The third-order valence-corrected chi connectivity index (χ3v) is 8.59. The van der Waals surface area contributed by atoms with Gasteiger partial charge in [-0.25, -0.2) is 0 Å². The fourth-order valence-corrected chi connectivity index (χ4v) is 7.46. The zero-order valence-electron chi connectivity index (χ0n) is 17.4. The van der Waals surface area contributed by atoms with Crippen LogP contribution in [-0.2, 0) is 14.3 Å². The quantitative estimate of drug-likeness (QED) is 0.674. The number of hydrogen-bond donors (Lipinski definition) is 2. The van der Waals surface area contributed by atoms with E-state index in [1.165, 1.54) is 0 Å². The molecule has 1 aliphatic heterocycles. The van der Waals surface area contributed by atoms with Crippen molar-refractivity contribution < 1.29 is 14.3 Å². The molecule has 6 fully saturated rings. The maximum atomic E-state index is 13.5. The summed E-state index contributed by atoms with van der Waals surface area (Å²) >= 11 is 0. The monoisotopic (exact) mass is 400 g/mol. The molecule has 1 heterocycles. The second-order valence-electron chi connectivity index (χ2n) is 10.6. The van der Waals surface area contributed by atoms with E-state index >= 15 is 0 Å². The molecule has 6 aliphatic rings. The van der Waals surface area contributed by atoms with Gasteiger partial charge in [-0.2, -0.15) is 5.26 Å². The Morgan fingerprint density at radius 1 is 1.21 bits per heavy atom. The smallest absolute Gasteiger partial charge is 0.323 e. The Morgan fingerprint density at radius 3 is 2.52 bits per heavy atom. The minimum Gasteiger partial charge on any atom is -0.458 e. The van der Waals surface area contributed by atoms with Crippen molar-refractivity contribution >= 4 is 11.9 Å². The standard InChI is InChI=1S/C22H32N4O3/c1-12(25-2)20(28)29-22-8-13-3-14(9-22)7-21(6-13,11-22)18(24)19(27)26-16(10-23)4-15-5-17(15)26/h12-18,25H,3-9,11,24H2,1-2H3/t12-,13?,14?,15+,16-,17-,18+,21?,22?/m0/s1. The summed E-state index contributed by atoms with van der Waals surface area (Å²) in [5.41, 5.74) is 5.93. The second-order valence-corrected chi connectivity index (χ2v) is 10.6. The molecule has 5 saturated carbocycles. The van der Waals surface area contributed by atoms with Crippen LogP contribution in [0.1, 0.15) is 58.3 Å². The van der Waals surface area contributed by atoms with Crippen molar-refractivity contribution in [3.05, 3.63) is 0 Å². The number of hydrogen-bond acceptors (Lipinski definition) is 6. The molecule has 7 nitrogen and oxygen atoms in total. The van der Waals surface area contributed by atoms with Crippen molar-refractivity contribution in [2.45, 2.75) is 88.1 Å². The lowest BCUT2D eigenvalue weighted by atomic mass is 9.46. The molecule has 3 N–H and O–H groups in total. The van der Waals surface area contributed by atoms with E-state index in [0.29, 0.717) is 24.2 Å². The van der Waals surface area contributed by atoms with Crippen LogP contribution in [0.15, 0.2) is 0 Å². The van der Waals surface area contributed by atoms with Crippen molar-refractivity contribution in [1.82, 2.24) is 10.2 Å². The molecule has 5 aliphatic carbocycles. The highest BCUT2D eigenvalue weighted by Crippen LogP contribution is 2.64. The zero-order valence-corrected chi connectivity index (χ0v) is 17.4. The number of nitrogens with one attached hydrogen (secondary N) is 1. The van der Waals surface area contributed by atoms with Gasteiger partial charge in [-0.1, -0.05) is 0 Å². The van der Waals surface area contributed by atoms with Gasteiger partial charge in [0.1, 0.15) is 17.7 Å². The summed E-state index contributed by atoms with van der Waals surface area (Å²) in [5.74, 6) is 1.16. The topological polar surface area (TPSA) is 108 Å². The van der Waals surface area contributed by atoms with E-state index in [0.717, 1.165) is 44.9 Å². The number of likely N-dealkylation sites (N-methyl/N-ethyl adjacent to an activating group) is 1. The molecule has 0 aromatic heterocycles. The van der Waals surface area contributed by atoms with E-state index in [1.54, 1.807) is 11.9 Å². The summed E-state index contributed by atoms with van der Waals surface area (Å²) in [7, 11) is 1.76. The number of carbonyl (C=O) groups is 2. The molecular weight excluding hydrogens is 368 g/mol. The zero-order chi connectivity index (χ0) is 20.6. The predicted molar refractivity (Wildman–Crippen MR) is 105 cm³/mol. The van der Waals surface area contributed by atoms with Crippen LogP contribution in [-0.4, -0.2) is 53.6 Å². The van der Waals surface area contributed by atoms with Crippen molar-refractivity contribution in [2.75, 3.05) is 7.05 Å². The first-order valence-corrected chi connectivity index (χ1v) is 11.2. The van der Waals surface area contributed by atoms with Crippen molar-refractivity contribution in [2.24, 2.45) is 28.9 Å². The van der Waals surface area contributed by atoms with Crippen LogP contribution < -0.4 is 11.1 Å². The van der Waals surface area contributed by atoms with Gasteiger partial charge >= 0.3 is 5.97 Å². The molecule has 0 radical (unpaired) electrons. The van der Waals surface area contributed by atoms with Gasteiger partial charge in [-0.3, -0.25) is 9.59 Å². The number of carbonyl (C=O) groups excluding carboxylic acids is 2. The van der Waals surface area contributed by atoms with Crippen molar-refractivity contribution in [3.8, 4) is 6.07 Å². The van der Waals surface area contributed by atoms with Gasteiger partial charge in [0.15, 0.2) is 0 Å². The summed E-state index contributed by atoms with van der Waals surface area (Å²) in [6.07, 6.45) is 7.31. The fourth-order valence-electron chi connectivity index (χ4n) is 7.46. The Balaban J connectivity index is 1.39. The molecule has 7 heteroatoms. The maximum absolute atomic E-state index is 13.5. The second kappa shape index (κ2) is 6.42. The van der Waals surface area contributed by atoms with E-state index in [2.05, 4.69) is 11.4 Å². The van der Waals surface area contributed by atoms with Crippen molar-refractivity contribution in [1.29, 1.82) is 5.26 Å². The first-order valence-electron chi connectivity index (χ1n) is 11.2. The number of likely N-dealkylation sites (tertiary alicyclic amines) is 1. The van der Waals surface area contributed by atoms with Gasteiger partial charge in [0, 0.05) is 6.04 Å². The highest BCUT2D eigenvalue weighted by molar-refractivity contribution is 5.84. The predicted octanol–water partition coefficient (Wildman–Crippen LogP) is 1.32. The average molecular weight is 401 g/mol. The summed E-state index contributed by atoms with van der Waals surface area (Å²) in [6, 6.07) is 1.25. The van der Waals surface area contributed by atoms with Crippen LogP contribution in [0.2, 0.25) is 0 Å². The Labute approximate surface area is 172 Å². The fraction of sp³-hybridized carbons (Fsp3) is 0.864. The van der Waals surface area contributed by atoms with Gasteiger partial charge in [0.05, 0.1) is 12.1 Å². The number of piperidine rings is 1. The van der Waals surface area contributed by atoms with Crippen LogP contribution in [0.4, 0.5) is 0 Å². The number of nitriles is 1. The van der Waals surface area contributed by atoms with Crippen LogP contribution in [0.25, 0.3) is 0 Å². The number of ether oxygens (including phenoxy) is 1. The molecular formula is C22H32N4O3. The summed E-state index contributed by atoms with van der Waals surface area (Å²) in [6.45, 7) is 1.81. The number of fused-ring (bicyclic) bond motifs is 1. The van der Waals surface area contributed by atoms with E-state index in [1.807, 2.05) is 6.92 Å². The molecule has 158 valence electrons. The van der Waals surface area contributed by atoms with Crippen LogP contribution in [0.5, 0.6) is 0 Å². The van der Waals surface area contributed by atoms with Gasteiger partial charge < -0.3 is 20.7 Å². The number of nitrogens with zero attached hydrogens (tertiary/aromatic N) is 2. The van der Waals surface area contributed by atoms with E-state index in [4.69, 9.17) is 10.5 Å². The lowest BCUT2D eigenvalue weighted by Gasteiger charge is -2.62. The summed E-state index contributed by atoms with van der Waals surface area (Å²) in [4.78, 5) is 27.9. The van der Waals surface area contributed by atoms with Crippen LogP contribution >= 0.6 is 0 Å². The minimum atomic E-state index is -0.608. The molecule has 0 aromatic rings. The lowest BCUT2D eigenvalue weighted by molar-refractivity contribution is -0.207. The molecule has 1 amide bonds. The van der Waals surface area contributed by atoms with Crippen LogP contribution in [0, 0.1) is 34.5 Å². The highest BCUT2D eigenvalue weighted by Gasteiger charge is 2.64. The first kappa shape index (κ1) is 19.3. The molecule has 29 heavy (non-hydrogen) atoms. The SMILES string of the molecule is CN[C@@H](C)C(=O)OC12CC3CC(C1)CC([C@H](N)C(=O)N1[C@H](C#N)C[C@@H]4C[C@@H]41)(C3)C2. The average Bonchev–Trinajstić information content (AvgIpc) is 3.34.